The Kier molecular flexibility index (Phi) is 23.2. The third kappa shape index (κ3) is 16.5. The minimum atomic E-state index is -1.18. The summed E-state index contributed by atoms with van der Waals surface area (Å²) >= 11 is 9.39. The number of hydrogen-bond acceptors (Lipinski definition) is 19. The fraction of sp³-hybridized carbons (Fsp3) is 0.289. The van der Waals surface area contributed by atoms with Crippen LogP contribution < -0.4 is 43.6 Å². The van der Waals surface area contributed by atoms with Gasteiger partial charge in [0, 0.05) is 39.4 Å². The van der Waals surface area contributed by atoms with Crippen molar-refractivity contribution in [2.75, 3.05) is 37.1 Å². The number of aryl methyl sites for hydroxylation is 2. The van der Waals surface area contributed by atoms with Gasteiger partial charge in [-0.25, -0.2) is 24.6 Å². The van der Waals surface area contributed by atoms with Gasteiger partial charge >= 0.3 is 0 Å². The summed E-state index contributed by atoms with van der Waals surface area (Å²) in [6, 6.07) is 14.6. The lowest BCUT2D eigenvalue weighted by atomic mass is 10.2. The smallest absolute Gasteiger partial charge is 0.297 e. The summed E-state index contributed by atoms with van der Waals surface area (Å²) in [6.07, 6.45) is 1.09. The maximum atomic E-state index is 14.2. The summed E-state index contributed by atoms with van der Waals surface area (Å²) in [4.78, 5) is 88.2. The maximum absolute atomic E-state index is 14.2. The van der Waals surface area contributed by atoms with E-state index in [1.807, 2.05) is 59.0 Å². The van der Waals surface area contributed by atoms with Gasteiger partial charge in [0.1, 0.15) is 52.6 Å². The van der Waals surface area contributed by atoms with Gasteiger partial charge in [0.15, 0.2) is 17.1 Å². The van der Waals surface area contributed by atoms with Crippen LogP contribution in [0.1, 0.15) is 28.7 Å². The quantitative estimate of drug-likeness (QED) is 0.0469. The molecule has 0 aliphatic carbocycles. The average Bonchev–Trinajstić information content (AvgIpc) is 3.68. The van der Waals surface area contributed by atoms with Crippen LogP contribution in [0.2, 0.25) is 5.02 Å². The van der Waals surface area contributed by atoms with E-state index in [9.17, 15) is 53.3 Å². The number of nitrogens with one attached hydrogen (secondary N) is 3. The van der Waals surface area contributed by atoms with Crippen molar-refractivity contribution in [1.82, 2.24) is 28.8 Å². The van der Waals surface area contributed by atoms with E-state index in [4.69, 9.17) is 36.9 Å². The van der Waals surface area contributed by atoms with Crippen LogP contribution in [-0.2, 0) is 28.4 Å². The van der Waals surface area contributed by atoms with Gasteiger partial charge in [0.05, 0.1) is 64.8 Å². The lowest BCUT2D eigenvalue weighted by molar-refractivity contribution is -0.394. The summed E-state index contributed by atoms with van der Waals surface area (Å²) in [7, 11) is 2.97. The number of non-ortho nitro benzene ring substituents is 1. The third-order valence-corrected chi connectivity index (χ3v) is 11.5. The van der Waals surface area contributed by atoms with Crippen molar-refractivity contribution in [2.45, 2.75) is 46.7 Å². The number of ether oxygens (including phenoxy) is 2. The molecule has 7 N–H and O–H groups in total. The minimum absolute atomic E-state index is 0. The number of anilines is 4. The first-order valence-corrected chi connectivity index (χ1v) is 23.3. The highest BCUT2D eigenvalue weighted by molar-refractivity contribution is 14.1. The number of fused-ring (bicyclic) bond motifs is 2. The molecule has 7 aromatic rings. The Balaban J connectivity index is 0.000000280. The summed E-state index contributed by atoms with van der Waals surface area (Å²) in [5.41, 5.74) is -1.83. The number of H-pyrrole nitrogens is 1. The number of nitro groups is 2. The molecule has 4 aromatic heterocycles. The van der Waals surface area contributed by atoms with E-state index in [2.05, 4.69) is 30.4 Å². The highest BCUT2D eigenvalue weighted by Gasteiger charge is 2.32. The predicted octanol–water partition coefficient (Wildman–Crippen LogP) is 5.93. The van der Waals surface area contributed by atoms with Crippen molar-refractivity contribution >= 4 is 113 Å². The number of benzene rings is 3. The van der Waals surface area contributed by atoms with Crippen LogP contribution in [0.3, 0.4) is 0 Å². The number of nitrogens with zero attached hydrogens (tertiary/aromatic N) is 7. The zero-order valence-electron chi connectivity index (χ0n) is 38.4. The largest absolute Gasteiger partial charge is 0.406 e. The van der Waals surface area contributed by atoms with Crippen LogP contribution in [-0.4, -0.2) is 93.3 Å². The van der Waals surface area contributed by atoms with Crippen molar-refractivity contribution in [3.05, 3.63) is 165 Å². The van der Waals surface area contributed by atoms with Crippen LogP contribution in [0.15, 0.2) is 98.6 Å². The first-order chi connectivity index (χ1) is 34.4. The average molecular weight is 1300 g/mol. The van der Waals surface area contributed by atoms with Crippen molar-refractivity contribution in [2.24, 2.45) is 20.0 Å². The Morgan fingerprint density at radius 2 is 1.43 bits per heavy atom. The van der Waals surface area contributed by atoms with Crippen molar-refractivity contribution in [1.29, 1.82) is 0 Å². The van der Waals surface area contributed by atoms with Crippen molar-refractivity contribution in [3.8, 4) is 0 Å². The van der Waals surface area contributed by atoms with E-state index in [0.29, 0.717) is 16.8 Å². The molecule has 5 heterocycles. The number of rotatable bonds is 12. The number of aromatic amines is 1. The molecule has 3 aromatic carbocycles. The topological polar surface area (TPSA) is 338 Å². The zero-order valence-corrected chi connectivity index (χ0v) is 43.5. The van der Waals surface area contributed by atoms with Crippen molar-refractivity contribution in [3.63, 3.8) is 0 Å². The number of aliphatic hydroxyl groups is 2. The van der Waals surface area contributed by atoms with E-state index in [1.165, 1.54) is 53.8 Å². The molecular weight excluding hydrogens is 1250 g/mol. The SMILES string of the molecule is C.C.CC1(C)OC[C@H](CON)O1.Cn1c(=O)cc(Nc2ccc(I)cc2F)c2c(=O)[nH]cnc21.Cn1c(=O)cc(Nc2ccc(I)cc2F)c2c(=O)n(OC[C@H](O)CO)cnc21.O=[N+]([O-])c1ccc(Cl)c([N+](=O)[O-])c1. The Bertz CT molecular complexity index is 3420. The normalized spacial score (nSPS) is 13.5. The number of hydrogen-bond donors (Lipinski definition) is 6. The zero-order chi connectivity index (χ0) is 53.9. The Labute approximate surface area is 455 Å². The molecule has 0 spiro atoms. The second-order valence-corrected chi connectivity index (χ2v) is 18.4. The van der Waals surface area contributed by atoms with Gasteiger partial charge in [-0.2, -0.15) is 0 Å². The molecule has 0 radical (unpaired) electrons. The predicted molar refractivity (Wildman–Crippen MR) is 291 cm³/mol. The standard InChI is InChI=1S/C17H16FIN4O5.C14H10FIN4O2.C6H3ClN2O4.C6H13NO3.2CH4/c1-22-14(26)5-13(21-12-3-2-9(19)4-11(12)18)15-16(22)20-8-23(17(15)27)28-7-10(25)6-24;1-20-11(21)5-10(12-13(20)17-6-18-14(12)22)19-9-3-2-7(16)4-8(9)15;7-5-2-1-4(8(10)11)3-6(5)9(12)13;1-6(2)8-3-5(10-6)4-9-7;;/h2-5,8,10,21,24-25H,6-7H2,1H3;2-6,19H,1H3,(H,17,18,22);1-3H;5H,3-4,7H2,1-2H3;2*1H4/t10-;;;5-;;/m1..1../s1. The molecule has 1 fully saturated rings. The van der Waals surface area contributed by atoms with Crippen LogP contribution >= 0.6 is 56.8 Å². The van der Waals surface area contributed by atoms with Gasteiger partial charge in [0.25, 0.3) is 33.6 Å². The summed E-state index contributed by atoms with van der Waals surface area (Å²) < 4.78 is 43.4. The highest BCUT2D eigenvalue weighted by Crippen LogP contribution is 2.29. The van der Waals surface area contributed by atoms with Gasteiger partial charge in [-0.3, -0.25) is 48.5 Å². The lowest BCUT2D eigenvalue weighted by Crippen LogP contribution is -2.34. The van der Waals surface area contributed by atoms with Gasteiger partial charge in [-0.1, -0.05) is 26.5 Å². The van der Waals surface area contributed by atoms with Gasteiger partial charge < -0.3 is 45.0 Å². The molecule has 1 saturated heterocycles. The van der Waals surface area contributed by atoms with Gasteiger partial charge in [-0.15, -0.1) is 4.73 Å². The lowest BCUT2D eigenvalue weighted by Gasteiger charge is -2.16. The molecule has 0 saturated carbocycles. The molecule has 8 rings (SSSR count). The summed E-state index contributed by atoms with van der Waals surface area (Å²) in [5.74, 6) is 3.37. The second-order valence-electron chi connectivity index (χ2n) is 15.5. The van der Waals surface area contributed by atoms with Crippen LogP contribution in [0.25, 0.3) is 22.1 Å². The fourth-order valence-electron chi connectivity index (χ4n) is 6.29. The molecule has 0 bridgehead atoms. The molecule has 2 atom stereocenters. The van der Waals surface area contributed by atoms with Crippen LogP contribution in [0.5, 0.6) is 0 Å². The third-order valence-electron chi connectivity index (χ3n) is 9.83. The highest BCUT2D eigenvalue weighted by atomic mass is 127. The first kappa shape index (κ1) is 62.7. The number of nitrogens with two attached hydrogens (primary N) is 1. The molecule has 1 aliphatic rings. The molecule has 0 unspecified atom stereocenters. The van der Waals surface area contributed by atoms with E-state index >= 15 is 0 Å². The summed E-state index contributed by atoms with van der Waals surface area (Å²) in [5, 5.41) is 44.4. The number of pyridine rings is 2. The van der Waals surface area contributed by atoms with E-state index in [0.717, 1.165) is 38.9 Å². The van der Waals surface area contributed by atoms with Crippen LogP contribution in [0.4, 0.5) is 42.9 Å². The van der Waals surface area contributed by atoms with Gasteiger partial charge in [-0.05, 0) is 101 Å². The fourth-order valence-corrected chi connectivity index (χ4v) is 7.38. The monoisotopic (exact) mass is 1300 g/mol. The number of halogens is 5. The molecule has 404 valence electrons. The maximum Gasteiger partial charge on any atom is 0.297 e. The first-order valence-electron chi connectivity index (χ1n) is 20.7. The minimum Gasteiger partial charge on any atom is -0.406 e. The molecule has 1 aliphatic heterocycles. The number of aromatic nitrogens is 6. The van der Waals surface area contributed by atoms with E-state index in [1.54, 1.807) is 18.2 Å². The number of nitro benzene ring substituents is 2. The Morgan fingerprint density at radius 1 is 0.880 bits per heavy atom. The van der Waals surface area contributed by atoms with Gasteiger partial charge in [0.2, 0.25) is 0 Å². The van der Waals surface area contributed by atoms with Crippen LogP contribution in [0, 0.1) is 39.0 Å². The molecule has 75 heavy (non-hydrogen) atoms. The molecule has 25 nitrogen and oxygen atoms in total. The van der Waals surface area contributed by atoms with E-state index in [-0.39, 0.29) is 88.6 Å². The molecule has 0 amide bonds. The Morgan fingerprint density at radius 3 is 1.91 bits per heavy atom. The summed E-state index contributed by atoms with van der Waals surface area (Å²) in [6.45, 7) is 3.80. The van der Waals surface area contributed by atoms with Crippen molar-refractivity contribution < 1.29 is 48.0 Å². The molecular formula is C45H50ClF2I2N11O14. The second kappa shape index (κ2) is 27.8. The number of aliphatic hydroxyl groups excluding tert-OH is 2. The Hall–Kier alpha value is -6.59. The van der Waals surface area contributed by atoms with E-state index < -0.39 is 62.3 Å². The molecule has 30 heteroatoms.